The van der Waals surface area contributed by atoms with Crippen LogP contribution in [0.4, 0.5) is 0 Å². The van der Waals surface area contributed by atoms with Crippen molar-refractivity contribution in [1.82, 2.24) is 14.9 Å². The van der Waals surface area contributed by atoms with E-state index in [1.807, 2.05) is 0 Å². The Hall–Kier alpha value is -1.46. The maximum Gasteiger partial charge on any atom is 0.347 e. The molecule has 5 heteroatoms. The number of hydrogen-bond acceptors (Lipinski definition) is 4. The first-order valence-corrected chi connectivity index (χ1v) is 6.49. The predicted octanol–water partition coefficient (Wildman–Crippen LogP) is 1.14. The van der Waals surface area contributed by atoms with Gasteiger partial charge >= 0.3 is 5.69 Å². The van der Waals surface area contributed by atoms with Crippen LogP contribution in [0.1, 0.15) is 4.88 Å². The van der Waals surface area contributed by atoms with E-state index in [2.05, 4.69) is 27.8 Å². The average molecular weight is 249 g/mol. The number of rotatable bonds is 6. The van der Waals surface area contributed by atoms with Gasteiger partial charge in [-0.05, 0) is 23.9 Å². The van der Waals surface area contributed by atoms with Crippen molar-refractivity contribution in [2.75, 3.05) is 13.1 Å². The molecule has 0 radical (unpaired) electrons. The van der Waals surface area contributed by atoms with Crippen LogP contribution in [0.25, 0.3) is 0 Å². The van der Waals surface area contributed by atoms with Gasteiger partial charge in [-0.2, -0.15) is 0 Å². The molecular formula is C12H15N3OS. The molecular weight excluding hydrogens is 234 g/mol. The van der Waals surface area contributed by atoms with E-state index in [0.29, 0.717) is 6.54 Å². The fraction of sp³-hybridized carbons (Fsp3) is 0.333. The second-order valence-electron chi connectivity index (χ2n) is 3.68. The summed E-state index contributed by atoms with van der Waals surface area (Å²) in [5.74, 6) is 0. The molecule has 0 fully saturated rings. The standard InChI is InChI=1S/C12H15N3OS/c16-12-14-5-2-8-15(12)9-7-13-6-4-11-3-1-10-17-11/h1-3,5,8,10,13H,4,6-7,9H2. The second-order valence-corrected chi connectivity index (χ2v) is 4.71. The maximum absolute atomic E-state index is 11.3. The Morgan fingerprint density at radius 3 is 3.06 bits per heavy atom. The fourth-order valence-corrected chi connectivity index (χ4v) is 2.26. The largest absolute Gasteiger partial charge is 0.347 e. The van der Waals surface area contributed by atoms with E-state index in [9.17, 15) is 4.79 Å². The summed E-state index contributed by atoms with van der Waals surface area (Å²) >= 11 is 1.77. The Kier molecular flexibility index (Phi) is 4.46. The van der Waals surface area contributed by atoms with Gasteiger partial charge in [-0.3, -0.25) is 4.57 Å². The molecule has 0 aromatic carbocycles. The highest BCUT2D eigenvalue weighted by Crippen LogP contribution is 2.07. The lowest BCUT2D eigenvalue weighted by Gasteiger charge is -2.05. The zero-order valence-corrected chi connectivity index (χ0v) is 10.3. The summed E-state index contributed by atoms with van der Waals surface area (Å²) < 4.78 is 1.61. The Balaban J connectivity index is 1.67. The predicted molar refractivity (Wildman–Crippen MR) is 69.4 cm³/mol. The maximum atomic E-state index is 11.3. The van der Waals surface area contributed by atoms with Gasteiger partial charge in [-0.15, -0.1) is 11.3 Å². The molecule has 0 amide bonds. The molecule has 0 aliphatic heterocycles. The lowest BCUT2D eigenvalue weighted by atomic mass is 10.3. The summed E-state index contributed by atoms with van der Waals surface area (Å²) in [4.78, 5) is 16.4. The lowest BCUT2D eigenvalue weighted by molar-refractivity contribution is 0.578. The Labute approximate surface area is 104 Å². The number of nitrogens with one attached hydrogen (secondary N) is 1. The van der Waals surface area contributed by atoms with E-state index < -0.39 is 0 Å². The van der Waals surface area contributed by atoms with Gasteiger partial charge < -0.3 is 5.32 Å². The highest BCUT2D eigenvalue weighted by molar-refractivity contribution is 7.09. The third-order valence-electron chi connectivity index (χ3n) is 2.44. The monoisotopic (exact) mass is 249 g/mol. The van der Waals surface area contributed by atoms with Gasteiger partial charge in [0.15, 0.2) is 0 Å². The molecule has 0 saturated heterocycles. The van der Waals surface area contributed by atoms with Gasteiger partial charge in [0.25, 0.3) is 0 Å². The minimum atomic E-state index is -0.187. The fourth-order valence-electron chi connectivity index (χ4n) is 1.55. The molecule has 17 heavy (non-hydrogen) atoms. The summed E-state index contributed by atoms with van der Waals surface area (Å²) in [5.41, 5.74) is -0.187. The van der Waals surface area contributed by atoms with E-state index in [1.54, 1.807) is 28.2 Å². The van der Waals surface area contributed by atoms with Crippen molar-refractivity contribution in [2.24, 2.45) is 0 Å². The van der Waals surface area contributed by atoms with E-state index in [4.69, 9.17) is 0 Å². The Morgan fingerprint density at radius 2 is 2.29 bits per heavy atom. The third-order valence-corrected chi connectivity index (χ3v) is 3.38. The van der Waals surface area contributed by atoms with Crippen LogP contribution in [-0.4, -0.2) is 22.6 Å². The normalized spacial score (nSPS) is 10.6. The van der Waals surface area contributed by atoms with Crippen molar-refractivity contribution < 1.29 is 0 Å². The molecule has 0 aliphatic carbocycles. The van der Waals surface area contributed by atoms with Crippen LogP contribution in [0.3, 0.4) is 0 Å². The summed E-state index contributed by atoms with van der Waals surface area (Å²) in [5, 5.41) is 5.41. The van der Waals surface area contributed by atoms with Crippen LogP contribution in [0.5, 0.6) is 0 Å². The smallest absolute Gasteiger partial charge is 0.315 e. The van der Waals surface area contributed by atoms with Crippen LogP contribution in [0.15, 0.2) is 40.8 Å². The van der Waals surface area contributed by atoms with E-state index in [0.717, 1.165) is 19.5 Å². The van der Waals surface area contributed by atoms with Crippen LogP contribution < -0.4 is 11.0 Å². The van der Waals surface area contributed by atoms with Crippen LogP contribution in [0.2, 0.25) is 0 Å². The highest BCUT2D eigenvalue weighted by Gasteiger charge is 1.95. The number of aromatic nitrogens is 2. The van der Waals surface area contributed by atoms with Gasteiger partial charge in [0.1, 0.15) is 0 Å². The molecule has 0 unspecified atom stereocenters. The molecule has 0 bridgehead atoms. The first-order chi connectivity index (χ1) is 8.36. The van der Waals surface area contributed by atoms with Gasteiger partial charge in [-0.25, -0.2) is 9.78 Å². The van der Waals surface area contributed by atoms with Crippen molar-refractivity contribution in [2.45, 2.75) is 13.0 Å². The molecule has 2 heterocycles. The zero-order chi connectivity index (χ0) is 11.9. The molecule has 2 aromatic rings. The van der Waals surface area contributed by atoms with Gasteiger partial charge in [0, 0.05) is 36.9 Å². The van der Waals surface area contributed by atoms with Gasteiger partial charge in [0.2, 0.25) is 0 Å². The lowest BCUT2D eigenvalue weighted by Crippen LogP contribution is -2.28. The quantitative estimate of drug-likeness (QED) is 0.781. The summed E-state index contributed by atoms with van der Waals surface area (Å²) in [6.07, 6.45) is 4.32. The van der Waals surface area contributed by atoms with Crippen LogP contribution in [-0.2, 0) is 13.0 Å². The third kappa shape index (κ3) is 3.80. The minimum absolute atomic E-state index is 0.187. The van der Waals surface area contributed by atoms with E-state index in [1.165, 1.54) is 11.1 Å². The first kappa shape index (κ1) is 12.0. The first-order valence-electron chi connectivity index (χ1n) is 5.61. The summed E-state index contributed by atoms with van der Waals surface area (Å²) in [6, 6.07) is 5.97. The van der Waals surface area contributed by atoms with Crippen LogP contribution in [0, 0.1) is 0 Å². The second kappa shape index (κ2) is 6.32. The zero-order valence-electron chi connectivity index (χ0n) is 9.50. The van der Waals surface area contributed by atoms with Crippen molar-refractivity contribution in [3.63, 3.8) is 0 Å². The molecule has 0 saturated carbocycles. The number of nitrogens with zero attached hydrogens (tertiary/aromatic N) is 2. The molecule has 2 aromatic heterocycles. The molecule has 1 N–H and O–H groups in total. The van der Waals surface area contributed by atoms with Gasteiger partial charge in [0.05, 0.1) is 0 Å². The summed E-state index contributed by atoms with van der Waals surface area (Å²) in [7, 11) is 0. The van der Waals surface area contributed by atoms with E-state index >= 15 is 0 Å². The topological polar surface area (TPSA) is 46.9 Å². The minimum Gasteiger partial charge on any atom is -0.315 e. The molecule has 90 valence electrons. The molecule has 4 nitrogen and oxygen atoms in total. The molecule has 2 rings (SSSR count). The Bertz CT molecular complexity index is 492. The number of thiophene rings is 1. The van der Waals surface area contributed by atoms with E-state index in [-0.39, 0.29) is 5.69 Å². The summed E-state index contributed by atoms with van der Waals surface area (Å²) in [6.45, 7) is 2.39. The highest BCUT2D eigenvalue weighted by atomic mass is 32.1. The Morgan fingerprint density at radius 1 is 1.35 bits per heavy atom. The van der Waals surface area contributed by atoms with Crippen molar-refractivity contribution in [3.05, 3.63) is 51.3 Å². The van der Waals surface area contributed by atoms with Crippen LogP contribution >= 0.6 is 11.3 Å². The SMILES string of the molecule is O=c1ncccn1CCNCCc1cccs1. The van der Waals surface area contributed by atoms with Crippen molar-refractivity contribution >= 4 is 11.3 Å². The van der Waals surface area contributed by atoms with Crippen molar-refractivity contribution in [1.29, 1.82) is 0 Å². The molecule has 0 atom stereocenters. The van der Waals surface area contributed by atoms with Gasteiger partial charge in [-0.1, -0.05) is 6.07 Å². The molecule has 0 spiro atoms. The number of hydrogen-bond donors (Lipinski definition) is 1. The molecule has 0 aliphatic rings. The average Bonchev–Trinajstić information content (AvgIpc) is 2.84. The van der Waals surface area contributed by atoms with Crippen molar-refractivity contribution in [3.8, 4) is 0 Å².